The Balaban J connectivity index is 0. The van der Waals surface area contributed by atoms with E-state index in [1.54, 1.807) is 6.92 Å². The van der Waals surface area contributed by atoms with Gasteiger partial charge in [-0.05, 0) is 32.3 Å². The van der Waals surface area contributed by atoms with Gasteiger partial charge in [0.15, 0.2) is 0 Å². The van der Waals surface area contributed by atoms with E-state index in [0.29, 0.717) is 5.57 Å². The topological polar surface area (TPSA) is 74.6 Å². The standard InChI is InChI=1S/C18H34O2.C8H8.C4H6O2/c1-3-4-5-6-7-8-9-10-11-12-13-14-15-16-17(2)18(19)20;1-2-8-6-4-3-5-7-8;1-3(2)4(5)6/h16H,3-15H2,1-2H3,(H,19,20);2-7H,1H2;1H2,2H3,(H,5,6). The second-order valence-electron chi connectivity index (χ2n) is 8.57. The van der Waals surface area contributed by atoms with Crippen LogP contribution in [-0.2, 0) is 9.59 Å². The van der Waals surface area contributed by atoms with Gasteiger partial charge in [0, 0.05) is 11.1 Å². The number of allylic oxidation sites excluding steroid dienone is 1. The van der Waals surface area contributed by atoms with Crippen molar-refractivity contribution in [1.29, 1.82) is 0 Å². The third-order valence-electron chi connectivity index (χ3n) is 5.25. The molecule has 0 aromatic heterocycles. The number of unbranched alkanes of at least 4 members (excludes halogenated alkanes) is 12. The average molecular weight is 473 g/mol. The fraction of sp³-hybridized carbons (Fsp3) is 0.533. The largest absolute Gasteiger partial charge is 0.478 e. The molecule has 192 valence electrons. The van der Waals surface area contributed by atoms with Gasteiger partial charge in [0.2, 0.25) is 0 Å². The first kappa shape index (κ1) is 33.6. The molecule has 0 amide bonds. The number of aliphatic carboxylic acids is 2. The van der Waals surface area contributed by atoms with Crippen LogP contribution in [0.5, 0.6) is 0 Å². The number of carboxylic acids is 2. The van der Waals surface area contributed by atoms with Gasteiger partial charge >= 0.3 is 11.9 Å². The number of carboxylic acid groups (broad SMARTS) is 2. The van der Waals surface area contributed by atoms with Gasteiger partial charge in [0.25, 0.3) is 0 Å². The van der Waals surface area contributed by atoms with Gasteiger partial charge in [-0.1, -0.05) is 133 Å². The molecule has 0 atom stereocenters. The predicted molar refractivity (Wildman–Crippen MR) is 146 cm³/mol. The number of rotatable bonds is 16. The molecular weight excluding hydrogens is 424 g/mol. The average Bonchev–Trinajstić information content (AvgIpc) is 2.83. The summed E-state index contributed by atoms with van der Waals surface area (Å²) >= 11 is 0. The van der Waals surface area contributed by atoms with E-state index < -0.39 is 11.9 Å². The van der Waals surface area contributed by atoms with Crippen LogP contribution in [0.1, 0.15) is 110 Å². The van der Waals surface area contributed by atoms with Crippen LogP contribution < -0.4 is 0 Å². The van der Waals surface area contributed by atoms with Crippen molar-refractivity contribution < 1.29 is 19.8 Å². The second-order valence-corrected chi connectivity index (χ2v) is 8.57. The molecule has 0 aliphatic heterocycles. The summed E-state index contributed by atoms with van der Waals surface area (Å²) < 4.78 is 0. The van der Waals surface area contributed by atoms with Crippen LogP contribution in [-0.4, -0.2) is 22.2 Å². The van der Waals surface area contributed by atoms with Gasteiger partial charge in [0.1, 0.15) is 0 Å². The van der Waals surface area contributed by atoms with E-state index >= 15 is 0 Å². The lowest BCUT2D eigenvalue weighted by molar-refractivity contribution is -0.133. The molecule has 0 heterocycles. The maximum Gasteiger partial charge on any atom is 0.330 e. The maximum atomic E-state index is 10.6. The quantitative estimate of drug-likeness (QED) is 0.186. The Bertz CT molecular complexity index is 677. The maximum absolute atomic E-state index is 10.6. The fourth-order valence-electron chi connectivity index (χ4n) is 2.98. The minimum atomic E-state index is -0.935. The Morgan fingerprint density at radius 2 is 1.18 bits per heavy atom. The summed E-state index contributed by atoms with van der Waals surface area (Å²) in [4.78, 5) is 20.2. The summed E-state index contributed by atoms with van der Waals surface area (Å²) in [6.45, 7) is 12.2. The highest BCUT2D eigenvalue weighted by Gasteiger charge is 1.98. The molecular formula is C30H48O4. The molecule has 0 aliphatic carbocycles. The van der Waals surface area contributed by atoms with Crippen molar-refractivity contribution >= 4 is 18.0 Å². The lowest BCUT2D eigenvalue weighted by Gasteiger charge is -2.02. The van der Waals surface area contributed by atoms with Crippen LogP contribution in [0, 0.1) is 0 Å². The summed E-state index contributed by atoms with van der Waals surface area (Å²) in [5.74, 6) is -1.72. The molecule has 0 aliphatic rings. The number of carbonyl (C=O) groups is 2. The fourth-order valence-corrected chi connectivity index (χ4v) is 2.98. The van der Waals surface area contributed by atoms with E-state index in [0.717, 1.165) is 12.8 Å². The summed E-state index contributed by atoms with van der Waals surface area (Å²) in [6, 6.07) is 10.0. The first-order valence-electron chi connectivity index (χ1n) is 12.7. The molecule has 34 heavy (non-hydrogen) atoms. The molecule has 0 saturated heterocycles. The van der Waals surface area contributed by atoms with E-state index in [1.165, 1.54) is 83.1 Å². The van der Waals surface area contributed by atoms with E-state index in [9.17, 15) is 9.59 Å². The Hall–Kier alpha value is -2.62. The first-order valence-corrected chi connectivity index (χ1v) is 12.7. The highest BCUT2D eigenvalue weighted by molar-refractivity contribution is 5.85. The van der Waals surface area contributed by atoms with Crippen LogP contribution in [0.2, 0.25) is 0 Å². The molecule has 0 bridgehead atoms. The predicted octanol–water partition coefficient (Wildman–Crippen LogP) is 9.09. The Morgan fingerprint density at radius 1 is 0.765 bits per heavy atom. The molecule has 1 rings (SSSR count). The molecule has 0 fully saturated rings. The summed E-state index contributed by atoms with van der Waals surface area (Å²) in [5.41, 5.74) is 1.83. The molecule has 1 aromatic carbocycles. The normalized spacial score (nSPS) is 10.3. The summed E-state index contributed by atoms with van der Waals surface area (Å²) in [5, 5.41) is 16.6. The van der Waals surface area contributed by atoms with E-state index in [1.807, 2.05) is 42.5 Å². The Kier molecular flexibility index (Phi) is 24.7. The van der Waals surface area contributed by atoms with Crippen LogP contribution in [0.25, 0.3) is 6.08 Å². The molecule has 0 unspecified atom stereocenters. The lowest BCUT2D eigenvalue weighted by atomic mass is 10.0. The van der Waals surface area contributed by atoms with E-state index in [4.69, 9.17) is 10.2 Å². The van der Waals surface area contributed by atoms with Crippen LogP contribution in [0.3, 0.4) is 0 Å². The monoisotopic (exact) mass is 472 g/mol. The van der Waals surface area contributed by atoms with E-state index in [2.05, 4.69) is 20.1 Å². The van der Waals surface area contributed by atoms with Gasteiger partial charge in [-0.2, -0.15) is 0 Å². The molecule has 0 spiro atoms. The summed E-state index contributed by atoms with van der Waals surface area (Å²) in [7, 11) is 0. The van der Waals surface area contributed by atoms with Crippen LogP contribution >= 0.6 is 0 Å². The van der Waals surface area contributed by atoms with Gasteiger partial charge < -0.3 is 10.2 Å². The zero-order chi connectivity index (χ0) is 26.0. The smallest absolute Gasteiger partial charge is 0.330 e. The summed E-state index contributed by atoms with van der Waals surface area (Å²) in [6.07, 6.45) is 20.8. The van der Waals surface area contributed by atoms with Crippen molar-refractivity contribution in [2.45, 2.75) is 104 Å². The van der Waals surface area contributed by atoms with Crippen LogP contribution in [0.15, 0.2) is 60.7 Å². The molecule has 0 radical (unpaired) electrons. The Morgan fingerprint density at radius 3 is 1.50 bits per heavy atom. The number of benzene rings is 1. The molecule has 1 aromatic rings. The number of hydrogen-bond donors (Lipinski definition) is 2. The second kappa shape index (κ2) is 25.0. The Labute approximate surface area is 208 Å². The first-order chi connectivity index (χ1) is 16.3. The third kappa shape index (κ3) is 25.6. The molecule has 2 N–H and O–H groups in total. The van der Waals surface area contributed by atoms with Gasteiger partial charge in [0.05, 0.1) is 0 Å². The van der Waals surface area contributed by atoms with Gasteiger partial charge in [-0.15, -0.1) is 0 Å². The van der Waals surface area contributed by atoms with Crippen molar-refractivity contribution in [3.63, 3.8) is 0 Å². The third-order valence-corrected chi connectivity index (χ3v) is 5.25. The highest BCUT2D eigenvalue weighted by Crippen LogP contribution is 2.12. The van der Waals surface area contributed by atoms with Crippen molar-refractivity contribution in [3.8, 4) is 0 Å². The minimum absolute atomic E-state index is 0.176. The van der Waals surface area contributed by atoms with Crippen molar-refractivity contribution in [1.82, 2.24) is 0 Å². The number of hydrogen-bond acceptors (Lipinski definition) is 2. The van der Waals surface area contributed by atoms with Crippen molar-refractivity contribution in [2.24, 2.45) is 0 Å². The molecule has 0 saturated carbocycles. The highest BCUT2D eigenvalue weighted by atomic mass is 16.4. The zero-order valence-electron chi connectivity index (χ0n) is 21.9. The molecule has 4 heteroatoms. The van der Waals surface area contributed by atoms with Gasteiger partial charge in [-0.3, -0.25) is 0 Å². The van der Waals surface area contributed by atoms with E-state index in [-0.39, 0.29) is 5.57 Å². The zero-order valence-corrected chi connectivity index (χ0v) is 21.9. The van der Waals surface area contributed by atoms with Crippen LogP contribution in [0.4, 0.5) is 0 Å². The van der Waals surface area contributed by atoms with Crippen molar-refractivity contribution in [3.05, 3.63) is 66.3 Å². The lowest BCUT2D eigenvalue weighted by Crippen LogP contribution is -1.95. The minimum Gasteiger partial charge on any atom is -0.478 e. The molecule has 4 nitrogen and oxygen atoms in total. The van der Waals surface area contributed by atoms with Gasteiger partial charge in [-0.25, -0.2) is 9.59 Å². The SMILES string of the molecule is C=C(C)C(=O)O.C=Cc1ccccc1.CCCCCCCCCCCCCCC=C(C)C(=O)O. The van der Waals surface area contributed by atoms with Crippen molar-refractivity contribution in [2.75, 3.05) is 0 Å².